The molecule has 114 valence electrons. The van der Waals surface area contributed by atoms with Crippen molar-refractivity contribution in [3.63, 3.8) is 0 Å². The summed E-state index contributed by atoms with van der Waals surface area (Å²) in [7, 11) is 0. The average molecular weight is 276 g/mol. The van der Waals surface area contributed by atoms with E-state index in [2.05, 4.69) is 56.9 Å². The Labute approximate surface area is 125 Å². The van der Waals surface area contributed by atoms with E-state index >= 15 is 0 Å². The molecule has 0 unspecified atom stereocenters. The third-order valence-electron chi connectivity index (χ3n) is 3.78. The van der Waals surface area contributed by atoms with Crippen LogP contribution in [0.15, 0.2) is 24.3 Å². The molecule has 0 aliphatic carbocycles. The van der Waals surface area contributed by atoms with Gasteiger partial charge in [-0.2, -0.15) is 0 Å². The first-order valence-corrected chi connectivity index (χ1v) is 8.02. The third-order valence-corrected chi connectivity index (χ3v) is 3.78. The molecular formula is C18H32N2. The van der Waals surface area contributed by atoms with Crippen molar-refractivity contribution in [1.29, 1.82) is 0 Å². The molecule has 1 aromatic rings. The van der Waals surface area contributed by atoms with Crippen LogP contribution in [0.3, 0.4) is 0 Å². The van der Waals surface area contributed by atoms with E-state index in [0.717, 1.165) is 18.4 Å². The minimum absolute atomic E-state index is 0.637. The summed E-state index contributed by atoms with van der Waals surface area (Å²) in [5.41, 5.74) is 8.53. The van der Waals surface area contributed by atoms with Crippen LogP contribution >= 0.6 is 0 Å². The Bertz CT molecular complexity index is 359. The summed E-state index contributed by atoms with van der Waals surface area (Å²) in [5, 5.41) is 0. The van der Waals surface area contributed by atoms with Gasteiger partial charge < -0.3 is 5.73 Å². The Kier molecular flexibility index (Phi) is 7.86. The fourth-order valence-electron chi connectivity index (χ4n) is 2.30. The highest BCUT2D eigenvalue weighted by molar-refractivity contribution is 5.26. The minimum atomic E-state index is 0.637. The van der Waals surface area contributed by atoms with Gasteiger partial charge in [-0.25, -0.2) is 0 Å². The van der Waals surface area contributed by atoms with Crippen molar-refractivity contribution in [2.45, 2.75) is 53.6 Å². The van der Waals surface area contributed by atoms with Crippen molar-refractivity contribution in [3.8, 4) is 0 Å². The van der Waals surface area contributed by atoms with Crippen LogP contribution in [0.25, 0.3) is 0 Å². The molecule has 0 radical (unpaired) electrons. The summed E-state index contributed by atoms with van der Waals surface area (Å²) in [6, 6.07) is 8.58. The highest BCUT2D eigenvalue weighted by Crippen LogP contribution is 2.14. The van der Waals surface area contributed by atoms with Crippen LogP contribution in [-0.2, 0) is 13.1 Å². The first kappa shape index (κ1) is 17.2. The van der Waals surface area contributed by atoms with Gasteiger partial charge in [0.25, 0.3) is 0 Å². The van der Waals surface area contributed by atoms with Crippen LogP contribution < -0.4 is 5.73 Å². The van der Waals surface area contributed by atoms with Gasteiger partial charge in [-0.1, -0.05) is 52.0 Å². The van der Waals surface area contributed by atoms with E-state index in [1.54, 1.807) is 0 Å². The number of hydrogen-bond acceptors (Lipinski definition) is 2. The number of rotatable bonds is 9. The number of hydrogen-bond donors (Lipinski definition) is 1. The molecule has 1 aromatic carbocycles. The number of benzene rings is 1. The first-order valence-electron chi connectivity index (χ1n) is 8.02. The molecule has 0 saturated heterocycles. The molecule has 0 heterocycles. The normalized spacial score (nSPS) is 11.8. The molecule has 20 heavy (non-hydrogen) atoms. The second kappa shape index (κ2) is 9.15. The van der Waals surface area contributed by atoms with Gasteiger partial charge in [0, 0.05) is 13.1 Å². The van der Waals surface area contributed by atoms with Crippen molar-refractivity contribution in [1.82, 2.24) is 4.90 Å². The zero-order valence-electron chi connectivity index (χ0n) is 13.7. The van der Waals surface area contributed by atoms with Gasteiger partial charge in [0.2, 0.25) is 0 Å². The van der Waals surface area contributed by atoms with Gasteiger partial charge in [0.1, 0.15) is 0 Å². The predicted molar refractivity (Wildman–Crippen MR) is 88.5 cm³/mol. The number of nitrogens with two attached hydrogens (primary N) is 1. The van der Waals surface area contributed by atoms with E-state index in [-0.39, 0.29) is 0 Å². The van der Waals surface area contributed by atoms with Crippen molar-refractivity contribution >= 4 is 0 Å². The molecule has 0 amide bonds. The maximum atomic E-state index is 5.85. The van der Waals surface area contributed by atoms with Gasteiger partial charge in [0.05, 0.1) is 0 Å². The molecule has 2 N–H and O–H groups in total. The van der Waals surface area contributed by atoms with Crippen LogP contribution in [-0.4, -0.2) is 18.0 Å². The SMILES string of the molecule is CC(C)CCN(CCC(C)C)Cc1ccccc1CN. The monoisotopic (exact) mass is 276 g/mol. The van der Waals surface area contributed by atoms with E-state index in [9.17, 15) is 0 Å². The lowest BCUT2D eigenvalue weighted by Gasteiger charge is -2.25. The van der Waals surface area contributed by atoms with Crippen LogP contribution in [0, 0.1) is 11.8 Å². The van der Waals surface area contributed by atoms with Crippen LogP contribution in [0.4, 0.5) is 0 Å². The van der Waals surface area contributed by atoms with Gasteiger partial charge in [-0.05, 0) is 48.9 Å². The van der Waals surface area contributed by atoms with E-state index in [4.69, 9.17) is 5.73 Å². The van der Waals surface area contributed by atoms with E-state index in [0.29, 0.717) is 6.54 Å². The molecule has 0 bridgehead atoms. The second-order valence-corrected chi connectivity index (χ2v) is 6.61. The van der Waals surface area contributed by atoms with Crippen molar-refractivity contribution in [2.75, 3.05) is 13.1 Å². The standard InChI is InChI=1S/C18H32N2/c1-15(2)9-11-20(12-10-16(3)4)14-18-8-6-5-7-17(18)13-19/h5-8,15-16H,9-14,19H2,1-4H3. The Balaban J connectivity index is 2.66. The van der Waals surface area contributed by atoms with Crippen molar-refractivity contribution in [3.05, 3.63) is 35.4 Å². The molecule has 2 nitrogen and oxygen atoms in total. The maximum absolute atomic E-state index is 5.85. The Morgan fingerprint density at radius 1 is 0.900 bits per heavy atom. The van der Waals surface area contributed by atoms with Crippen molar-refractivity contribution in [2.24, 2.45) is 17.6 Å². The molecule has 0 aliphatic rings. The second-order valence-electron chi connectivity index (χ2n) is 6.61. The van der Waals surface area contributed by atoms with E-state index < -0.39 is 0 Å². The number of nitrogens with zero attached hydrogens (tertiary/aromatic N) is 1. The Hall–Kier alpha value is -0.860. The summed E-state index contributed by atoms with van der Waals surface area (Å²) >= 11 is 0. The highest BCUT2D eigenvalue weighted by Gasteiger charge is 2.10. The molecule has 0 atom stereocenters. The quantitative estimate of drug-likeness (QED) is 0.737. The smallest absolute Gasteiger partial charge is 0.0236 e. The Morgan fingerprint density at radius 3 is 1.85 bits per heavy atom. The Morgan fingerprint density at radius 2 is 1.40 bits per heavy atom. The molecule has 0 saturated carbocycles. The lowest BCUT2D eigenvalue weighted by molar-refractivity contribution is 0.235. The fourth-order valence-corrected chi connectivity index (χ4v) is 2.30. The topological polar surface area (TPSA) is 29.3 Å². The summed E-state index contributed by atoms with van der Waals surface area (Å²) in [4.78, 5) is 2.59. The molecule has 0 fully saturated rings. The summed E-state index contributed by atoms with van der Waals surface area (Å²) < 4.78 is 0. The van der Waals surface area contributed by atoms with Crippen LogP contribution in [0.2, 0.25) is 0 Å². The molecule has 2 heteroatoms. The largest absolute Gasteiger partial charge is 0.326 e. The van der Waals surface area contributed by atoms with Gasteiger partial charge in [-0.3, -0.25) is 4.90 Å². The summed E-state index contributed by atoms with van der Waals surface area (Å²) in [5.74, 6) is 1.53. The summed E-state index contributed by atoms with van der Waals surface area (Å²) in [6.07, 6.45) is 2.53. The van der Waals surface area contributed by atoms with E-state index in [1.807, 2.05) is 0 Å². The van der Waals surface area contributed by atoms with E-state index in [1.165, 1.54) is 37.1 Å². The minimum Gasteiger partial charge on any atom is -0.326 e. The van der Waals surface area contributed by atoms with Gasteiger partial charge in [-0.15, -0.1) is 0 Å². The van der Waals surface area contributed by atoms with Gasteiger partial charge in [0.15, 0.2) is 0 Å². The molecule has 0 aromatic heterocycles. The molecule has 0 spiro atoms. The van der Waals surface area contributed by atoms with Crippen LogP contribution in [0.1, 0.15) is 51.7 Å². The zero-order chi connectivity index (χ0) is 15.0. The fraction of sp³-hybridized carbons (Fsp3) is 0.667. The summed E-state index contributed by atoms with van der Waals surface area (Å²) in [6.45, 7) is 13.2. The highest BCUT2D eigenvalue weighted by atomic mass is 15.1. The van der Waals surface area contributed by atoms with Crippen LogP contribution in [0.5, 0.6) is 0 Å². The van der Waals surface area contributed by atoms with Gasteiger partial charge >= 0.3 is 0 Å². The first-order chi connectivity index (χ1) is 9.52. The molecule has 1 rings (SSSR count). The lowest BCUT2D eigenvalue weighted by atomic mass is 10.0. The predicted octanol–water partition coefficient (Wildman–Crippen LogP) is 4.04. The molecular weight excluding hydrogens is 244 g/mol. The maximum Gasteiger partial charge on any atom is 0.0236 e. The lowest BCUT2D eigenvalue weighted by Crippen LogP contribution is -2.28. The third kappa shape index (κ3) is 6.53. The van der Waals surface area contributed by atoms with Crippen molar-refractivity contribution < 1.29 is 0 Å². The molecule has 0 aliphatic heterocycles. The zero-order valence-corrected chi connectivity index (χ0v) is 13.7. The average Bonchev–Trinajstić information content (AvgIpc) is 2.42.